The number of aromatic hydroxyl groups is 1. The van der Waals surface area contributed by atoms with Gasteiger partial charge in [0.05, 0.1) is 7.11 Å². The van der Waals surface area contributed by atoms with Crippen molar-refractivity contribution >= 4 is 47.0 Å². The number of nitrogens with one attached hydrogen (secondary N) is 2. The molecule has 16 heteroatoms. The lowest BCUT2D eigenvalue weighted by molar-refractivity contribution is -0.136. The second-order valence-electron chi connectivity index (χ2n) is 9.61. The number of aromatic nitrogens is 2. The second-order valence-corrected chi connectivity index (χ2v) is 10.5. The number of methoxy groups -OCH3 is 1. The molecule has 4 aromatic rings. The molecule has 0 saturated carbocycles. The summed E-state index contributed by atoms with van der Waals surface area (Å²) < 4.78 is 16.0. The number of carboxylic acid groups (broad SMARTS) is 2. The maximum absolute atomic E-state index is 11.9. The highest BCUT2D eigenvalue weighted by Gasteiger charge is 2.16. The van der Waals surface area contributed by atoms with Gasteiger partial charge in [-0.2, -0.15) is 0 Å². The van der Waals surface area contributed by atoms with E-state index < -0.39 is 42.6 Å². The maximum Gasteiger partial charge on any atom is 0.322 e. The Hall–Kier alpha value is -6.48. The fourth-order valence-corrected chi connectivity index (χ4v) is 3.84. The van der Waals surface area contributed by atoms with Gasteiger partial charge in [-0.1, -0.05) is 46.9 Å². The van der Waals surface area contributed by atoms with Crippen molar-refractivity contribution in [2.24, 2.45) is 0 Å². The Morgan fingerprint density at radius 1 is 0.706 bits per heavy atom. The summed E-state index contributed by atoms with van der Waals surface area (Å²) in [6, 6.07) is 16.5. The Kier molecular flexibility index (Phi) is 15.4. The molecule has 2 aromatic heterocycles. The van der Waals surface area contributed by atoms with Gasteiger partial charge in [0.2, 0.25) is 0 Å². The Morgan fingerprint density at radius 2 is 1.14 bits per heavy atom. The smallest absolute Gasteiger partial charge is 0.322 e. The first-order chi connectivity index (χ1) is 24.4. The number of ether oxygens (including phenoxy) is 3. The normalized spacial score (nSPS) is 9.63. The third-order valence-electron chi connectivity index (χ3n) is 5.89. The molecule has 262 valence electrons. The van der Waals surface area contributed by atoms with Crippen LogP contribution < -0.4 is 24.8 Å². The number of hydrogen-bond donors (Lipinski definition) is 5. The summed E-state index contributed by atoms with van der Waals surface area (Å²) in [6.07, 6.45) is 2.69. The summed E-state index contributed by atoms with van der Waals surface area (Å²) in [5.41, 5.74) is 0.615. The molecule has 0 aliphatic carbocycles. The molecule has 0 aliphatic rings. The number of hydrogen-bond acceptors (Lipinski definition) is 10. The average molecular weight is 736 g/mol. The van der Waals surface area contributed by atoms with Gasteiger partial charge >= 0.3 is 11.9 Å². The zero-order valence-corrected chi connectivity index (χ0v) is 28.1. The van der Waals surface area contributed by atoms with Gasteiger partial charge in [0, 0.05) is 33.6 Å². The van der Waals surface area contributed by atoms with Crippen LogP contribution in [-0.4, -0.2) is 82.5 Å². The van der Waals surface area contributed by atoms with Crippen LogP contribution in [0.25, 0.3) is 0 Å². The molecule has 14 nitrogen and oxygen atoms in total. The van der Waals surface area contributed by atoms with Gasteiger partial charge in [-0.25, -0.2) is 9.97 Å². The van der Waals surface area contributed by atoms with Crippen molar-refractivity contribution in [3.8, 4) is 46.7 Å². The van der Waals surface area contributed by atoms with Crippen LogP contribution in [0.2, 0.25) is 10.0 Å². The maximum atomic E-state index is 11.9. The number of pyridine rings is 2. The van der Waals surface area contributed by atoms with Crippen molar-refractivity contribution in [1.82, 2.24) is 20.6 Å². The summed E-state index contributed by atoms with van der Waals surface area (Å²) >= 11 is 11.6. The van der Waals surface area contributed by atoms with Crippen LogP contribution in [-0.2, 0) is 9.59 Å². The lowest BCUT2D eigenvalue weighted by Crippen LogP contribution is -2.30. The van der Waals surface area contributed by atoms with E-state index in [1.54, 1.807) is 48.5 Å². The Morgan fingerprint density at radius 3 is 1.57 bits per heavy atom. The molecular weight excluding hydrogens is 707 g/mol. The summed E-state index contributed by atoms with van der Waals surface area (Å²) in [7, 11) is 1.38. The van der Waals surface area contributed by atoms with Gasteiger partial charge in [0.15, 0.2) is 17.1 Å². The topological polar surface area (TPSA) is 206 Å². The van der Waals surface area contributed by atoms with Gasteiger partial charge in [0.1, 0.15) is 43.6 Å². The number of amides is 2. The Balaban J connectivity index is 0.000000276. The van der Waals surface area contributed by atoms with E-state index in [1.807, 2.05) is 0 Å². The van der Waals surface area contributed by atoms with E-state index in [1.165, 1.54) is 31.6 Å². The van der Waals surface area contributed by atoms with Crippen LogP contribution in [0.4, 0.5) is 0 Å². The number of carboxylic acids is 2. The van der Waals surface area contributed by atoms with Crippen molar-refractivity contribution in [3.63, 3.8) is 0 Å². The molecule has 51 heavy (non-hydrogen) atoms. The minimum Gasteiger partial charge on any atom is -0.505 e. The minimum atomic E-state index is -1.20. The van der Waals surface area contributed by atoms with Gasteiger partial charge < -0.3 is 40.2 Å². The number of halogens is 2. The van der Waals surface area contributed by atoms with Crippen LogP contribution in [0.5, 0.6) is 23.0 Å². The second kappa shape index (κ2) is 20.1. The monoisotopic (exact) mass is 734 g/mol. The van der Waals surface area contributed by atoms with E-state index in [0.29, 0.717) is 32.7 Å². The van der Waals surface area contributed by atoms with Crippen LogP contribution in [0.1, 0.15) is 32.1 Å². The number of nitrogens with zero attached hydrogens (tertiary/aromatic N) is 2. The molecule has 2 heterocycles. The van der Waals surface area contributed by atoms with Crippen molar-refractivity contribution in [2.45, 2.75) is 0 Å². The molecule has 0 unspecified atom stereocenters. The van der Waals surface area contributed by atoms with Gasteiger partial charge in [-0.15, -0.1) is 0 Å². The third kappa shape index (κ3) is 13.9. The summed E-state index contributed by atoms with van der Waals surface area (Å²) in [5.74, 6) is 8.43. The minimum absolute atomic E-state index is 0.0169. The number of aliphatic carboxylic acids is 2. The van der Waals surface area contributed by atoms with Crippen molar-refractivity contribution in [1.29, 1.82) is 0 Å². The molecule has 4 rings (SSSR count). The molecule has 0 radical (unpaired) electrons. The van der Waals surface area contributed by atoms with Crippen LogP contribution in [0.3, 0.4) is 0 Å². The zero-order chi connectivity index (χ0) is 37.2. The SMILES string of the molecule is COc1cc(C#CCOc2ccc(Cl)cc2)cnc1C(=O)NCC(=O)O.O=C(O)CNC(=O)c1ncc(C#CCOc2ccc(Cl)cc2)cc1O. The predicted molar refractivity (Wildman–Crippen MR) is 184 cm³/mol. The first-order valence-corrected chi connectivity index (χ1v) is 15.2. The summed E-state index contributed by atoms with van der Waals surface area (Å²) in [6.45, 7) is -0.801. The zero-order valence-electron chi connectivity index (χ0n) is 26.6. The highest BCUT2D eigenvalue weighted by atomic mass is 35.5. The molecule has 0 bridgehead atoms. The summed E-state index contributed by atoms with van der Waals surface area (Å²) in [4.78, 5) is 52.2. The lowest BCUT2D eigenvalue weighted by Gasteiger charge is -2.07. The van der Waals surface area contributed by atoms with E-state index in [9.17, 15) is 24.3 Å². The van der Waals surface area contributed by atoms with E-state index in [-0.39, 0.29) is 30.4 Å². The van der Waals surface area contributed by atoms with Crippen LogP contribution >= 0.6 is 23.2 Å². The molecule has 0 aliphatic heterocycles. The molecule has 2 amide bonds. The number of carbonyl (C=O) groups excluding carboxylic acids is 2. The van der Waals surface area contributed by atoms with E-state index >= 15 is 0 Å². The van der Waals surface area contributed by atoms with E-state index in [2.05, 4.69) is 44.3 Å². The van der Waals surface area contributed by atoms with E-state index in [0.717, 1.165) is 0 Å². The van der Waals surface area contributed by atoms with Crippen molar-refractivity contribution < 1.29 is 48.7 Å². The quantitative estimate of drug-likeness (QED) is 0.140. The molecular formula is C35H28Cl2N4O10. The molecule has 5 N–H and O–H groups in total. The average Bonchev–Trinajstić information content (AvgIpc) is 3.11. The Bertz CT molecular complexity index is 1980. The largest absolute Gasteiger partial charge is 0.505 e. The number of benzene rings is 2. The van der Waals surface area contributed by atoms with Crippen molar-refractivity contribution in [3.05, 3.63) is 106 Å². The molecule has 0 atom stereocenters. The highest BCUT2D eigenvalue weighted by Crippen LogP contribution is 2.19. The molecule has 0 spiro atoms. The fraction of sp³-hybridized carbons (Fsp3) is 0.143. The summed E-state index contributed by atoms with van der Waals surface area (Å²) in [5, 5.41) is 32.5. The van der Waals surface area contributed by atoms with E-state index in [4.69, 9.17) is 47.6 Å². The standard InChI is InChI=1S/C18H15ClN2O5.C17H13ClN2O5/c1-25-15-9-12(10-20-17(15)18(24)21-11-16(22)23)3-2-8-26-14-6-4-13(19)5-7-14;18-12-3-5-13(6-4-12)25-7-1-2-11-8-14(21)16(19-9-11)17(24)20-10-15(22)23/h4-7,9-10H,8,11H2,1H3,(H,21,24)(H,22,23);3-6,8-9,21H,7,10H2,(H,20,24)(H,22,23). The van der Waals surface area contributed by atoms with Crippen molar-refractivity contribution in [2.75, 3.05) is 33.4 Å². The predicted octanol–water partition coefficient (Wildman–Crippen LogP) is 3.67. The molecule has 0 fully saturated rings. The fourth-order valence-electron chi connectivity index (χ4n) is 3.59. The van der Waals surface area contributed by atoms with Gasteiger partial charge in [0.25, 0.3) is 11.8 Å². The first-order valence-electron chi connectivity index (χ1n) is 14.4. The Labute approximate surface area is 301 Å². The lowest BCUT2D eigenvalue weighted by atomic mass is 10.2. The van der Waals surface area contributed by atoms with Gasteiger partial charge in [-0.05, 0) is 60.7 Å². The van der Waals surface area contributed by atoms with Crippen LogP contribution in [0.15, 0.2) is 73.1 Å². The first kappa shape index (κ1) is 39.0. The highest BCUT2D eigenvalue weighted by molar-refractivity contribution is 6.30. The number of carbonyl (C=O) groups is 4. The molecule has 0 saturated heterocycles. The van der Waals surface area contributed by atoms with Crippen LogP contribution in [0, 0.1) is 23.7 Å². The molecule has 2 aromatic carbocycles. The number of rotatable bonds is 11. The third-order valence-corrected chi connectivity index (χ3v) is 6.39. The van der Waals surface area contributed by atoms with Gasteiger partial charge in [-0.3, -0.25) is 19.2 Å².